The second kappa shape index (κ2) is 9.62. The smallest absolute Gasteiger partial charge is 0.233 e. The molecule has 4 rings (SSSR count). The minimum atomic E-state index is -0.324. The highest BCUT2D eigenvalue weighted by molar-refractivity contribution is 8.00. The standard InChI is InChI=1S/C25H23N3O2S/c1-17(24(29)26-16-19-12-6-9-15-22(19)30-2)31-25-21-14-8-7-13-20(21)23(27-28-25)18-10-4-3-5-11-18/h3-15,17H,16H2,1-2H3,(H,26,29). The average molecular weight is 430 g/mol. The molecule has 1 aromatic heterocycles. The fraction of sp³-hybridized carbons (Fsp3) is 0.160. The number of rotatable bonds is 7. The lowest BCUT2D eigenvalue weighted by molar-refractivity contribution is -0.120. The van der Waals surface area contributed by atoms with Crippen LogP contribution >= 0.6 is 11.8 Å². The van der Waals surface area contributed by atoms with Gasteiger partial charge in [-0.2, -0.15) is 0 Å². The number of para-hydroxylation sites is 1. The first-order chi connectivity index (χ1) is 15.2. The first kappa shape index (κ1) is 20.9. The van der Waals surface area contributed by atoms with E-state index in [-0.39, 0.29) is 11.2 Å². The van der Waals surface area contributed by atoms with Crippen molar-refractivity contribution < 1.29 is 9.53 Å². The Labute approximate surface area is 185 Å². The molecule has 4 aromatic rings. The van der Waals surface area contributed by atoms with E-state index >= 15 is 0 Å². The van der Waals surface area contributed by atoms with Gasteiger partial charge in [0.05, 0.1) is 12.4 Å². The van der Waals surface area contributed by atoms with Crippen molar-refractivity contribution in [1.82, 2.24) is 15.5 Å². The predicted octanol–water partition coefficient (Wildman–Crippen LogP) is 5.10. The Balaban J connectivity index is 1.52. The second-order valence-electron chi connectivity index (χ2n) is 7.06. The highest BCUT2D eigenvalue weighted by atomic mass is 32.2. The molecule has 31 heavy (non-hydrogen) atoms. The second-order valence-corrected chi connectivity index (χ2v) is 8.38. The summed E-state index contributed by atoms with van der Waals surface area (Å²) in [5, 5.41) is 14.4. The third kappa shape index (κ3) is 4.70. The molecule has 0 aliphatic rings. The van der Waals surface area contributed by atoms with E-state index in [4.69, 9.17) is 4.74 Å². The Bertz CT molecular complexity index is 1200. The van der Waals surface area contributed by atoms with Gasteiger partial charge in [0, 0.05) is 28.4 Å². The summed E-state index contributed by atoms with van der Waals surface area (Å²) in [6.45, 7) is 2.29. The summed E-state index contributed by atoms with van der Waals surface area (Å²) in [6.07, 6.45) is 0. The third-order valence-electron chi connectivity index (χ3n) is 5.00. The number of fused-ring (bicyclic) bond motifs is 1. The number of aromatic nitrogens is 2. The number of thioether (sulfide) groups is 1. The van der Waals surface area contributed by atoms with E-state index in [9.17, 15) is 4.79 Å². The lowest BCUT2D eigenvalue weighted by Crippen LogP contribution is -2.30. The molecule has 1 amide bonds. The molecule has 0 spiro atoms. The molecule has 1 N–H and O–H groups in total. The van der Waals surface area contributed by atoms with Crippen molar-refractivity contribution >= 4 is 28.4 Å². The summed E-state index contributed by atoms with van der Waals surface area (Å²) in [5.41, 5.74) is 2.80. The Kier molecular flexibility index (Phi) is 6.48. The molecule has 6 heteroatoms. The van der Waals surface area contributed by atoms with Crippen LogP contribution in [0.2, 0.25) is 0 Å². The minimum absolute atomic E-state index is 0.0612. The van der Waals surface area contributed by atoms with E-state index in [1.165, 1.54) is 11.8 Å². The van der Waals surface area contributed by atoms with E-state index in [2.05, 4.69) is 15.5 Å². The molecule has 0 saturated carbocycles. The van der Waals surface area contributed by atoms with Crippen molar-refractivity contribution in [3.63, 3.8) is 0 Å². The first-order valence-electron chi connectivity index (χ1n) is 10.0. The number of methoxy groups -OCH3 is 1. The monoisotopic (exact) mass is 429 g/mol. The number of nitrogens with one attached hydrogen (secondary N) is 1. The molecule has 5 nitrogen and oxygen atoms in total. The fourth-order valence-corrected chi connectivity index (χ4v) is 4.29. The molecular weight excluding hydrogens is 406 g/mol. The zero-order valence-corrected chi connectivity index (χ0v) is 18.2. The van der Waals surface area contributed by atoms with Crippen LogP contribution in [0.15, 0.2) is 83.9 Å². The lowest BCUT2D eigenvalue weighted by atomic mass is 10.1. The van der Waals surface area contributed by atoms with Crippen LogP contribution in [0.5, 0.6) is 5.75 Å². The zero-order chi connectivity index (χ0) is 21.6. The van der Waals surface area contributed by atoms with Crippen LogP contribution in [0.3, 0.4) is 0 Å². The Morgan fingerprint density at radius 2 is 1.61 bits per heavy atom. The molecule has 156 valence electrons. The highest BCUT2D eigenvalue weighted by Crippen LogP contribution is 2.33. The van der Waals surface area contributed by atoms with Gasteiger partial charge in [-0.3, -0.25) is 4.79 Å². The number of hydrogen-bond donors (Lipinski definition) is 1. The number of nitrogens with zero attached hydrogens (tertiary/aromatic N) is 2. The van der Waals surface area contributed by atoms with Crippen molar-refractivity contribution in [3.05, 3.63) is 84.4 Å². The van der Waals surface area contributed by atoms with Crippen LogP contribution < -0.4 is 10.1 Å². The highest BCUT2D eigenvalue weighted by Gasteiger charge is 2.19. The van der Waals surface area contributed by atoms with Crippen LogP contribution in [0.4, 0.5) is 0 Å². The number of carbonyl (C=O) groups is 1. The van der Waals surface area contributed by atoms with Gasteiger partial charge in [0.25, 0.3) is 0 Å². The summed E-state index contributed by atoms with van der Waals surface area (Å²) in [5.74, 6) is 0.699. The molecule has 1 heterocycles. The zero-order valence-electron chi connectivity index (χ0n) is 17.4. The van der Waals surface area contributed by atoms with Gasteiger partial charge in [-0.25, -0.2) is 0 Å². The maximum Gasteiger partial charge on any atom is 0.233 e. The van der Waals surface area contributed by atoms with Gasteiger partial charge in [-0.1, -0.05) is 84.6 Å². The van der Waals surface area contributed by atoms with E-state index in [1.54, 1.807) is 7.11 Å². The summed E-state index contributed by atoms with van der Waals surface area (Å²) < 4.78 is 5.35. The molecule has 0 saturated heterocycles. The number of hydrogen-bond acceptors (Lipinski definition) is 5. The van der Waals surface area contributed by atoms with Gasteiger partial charge in [0.2, 0.25) is 5.91 Å². The molecule has 3 aromatic carbocycles. The van der Waals surface area contributed by atoms with Gasteiger partial charge in [-0.05, 0) is 13.0 Å². The van der Waals surface area contributed by atoms with Gasteiger partial charge in [0.15, 0.2) is 0 Å². The van der Waals surface area contributed by atoms with Crippen molar-refractivity contribution in [1.29, 1.82) is 0 Å². The Hall–Kier alpha value is -3.38. The maximum absolute atomic E-state index is 12.7. The molecular formula is C25H23N3O2S. The van der Waals surface area contributed by atoms with Crippen LogP contribution in [0.1, 0.15) is 12.5 Å². The topological polar surface area (TPSA) is 64.1 Å². The van der Waals surface area contributed by atoms with Gasteiger partial charge < -0.3 is 10.1 Å². The van der Waals surface area contributed by atoms with Crippen LogP contribution in [0, 0.1) is 0 Å². The summed E-state index contributed by atoms with van der Waals surface area (Å²) in [7, 11) is 1.63. The maximum atomic E-state index is 12.7. The summed E-state index contributed by atoms with van der Waals surface area (Å²) in [6, 6.07) is 25.7. The van der Waals surface area contributed by atoms with E-state index < -0.39 is 0 Å². The lowest BCUT2D eigenvalue weighted by Gasteiger charge is -2.14. The molecule has 1 unspecified atom stereocenters. The van der Waals surface area contributed by atoms with E-state index in [1.807, 2.05) is 85.8 Å². The summed E-state index contributed by atoms with van der Waals surface area (Å²) in [4.78, 5) is 12.7. The van der Waals surface area contributed by atoms with Gasteiger partial charge >= 0.3 is 0 Å². The van der Waals surface area contributed by atoms with Gasteiger partial charge in [-0.15, -0.1) is 10.2 Å². The number of carbonyl (C=O) groups excluding carboxylic acids is 1. The Morgan fingerprint density at radius 1 is 0.935 bits per heavy atom. The van der Waals surface area contributed by atoms with Crippen LogP contribution in [-0.2, 0) is 11.3 Å². The summed E-state index contributed by atoms with van der Waals surface area (Å²) >= 11 is 1.41. The van der Waals surface area contributed by atoms with E-state index in [0.717, 1.165) is 38.4 Å². The quantitative estimate of drug-likeness (QED) is 0.414. The molecule has 1 atom stereocenters. The van der Waals surface area contributed by atoms with Gasteiger partial charge in [0.1, 0.15) is 16.5 Å². The number of benzene rings is 3. The predicted molar refractivity (Wildman–Crippen MR) is 125 cm³/mol. The molecule has 0 aliphatic carbocycles. The van der Waals surface area contributed by atoms with Crippen molar-refractivity contribution in [2.75, 3.05) is 7.11 Å². The van der Waals surface area contributed by atoms with Crippen LogP contribution in [0.25, 0.3) is 22.0 Å². The minimum Gasteiger partial charge on any atom is -0.496 e. The van der Waals surface area contributed by atoms with Crippen molar-refractivity contribution in [2.24, 2.45) is 0 Å². The molecule has 0 fully saturated rings. The van der Waals surface area contributed by atoms with Crippen molar-refractivity contribution in [3.8, 4) is 17.0 Å². The number of ether oxygens (including phenoxy) is 1. The molecule has 0 bridgehead atoms. The molecule has 0 aliphatic heterocycles. The van der Waals surface area contributed by atoms with Crippen molar-refractivity contribution in [2.45, 2.75) is 23.7 Å². The number of amides is 1. The normalized spacial score (nSPS) is 11.8. The average Bonchev–Trinajstić information content (AvgIpc) is 2.83. The third-order valence-corrected chi connectivity index (χ3v) is 6.10. The molecule has 0 radical (unpaired) electrons. The Morgan fingerprint density at radius 3 is 2.39 bits per heavy atom. The largest absolute Gasteiger partial charge is 0.496 e. The van der Waals surface area contributed by atoms with E-state index in [0.29, 0.717) is 6.54 Å². The first-order valence-corrected chi connectivity index (χ1v) is 10.9. The van der Waals surface area contributed by atoms with Crippen LogP contribution in [-0.4, -0.2) is 28.5 Å². The fourth-order valence-electron chi connectivity index (χ4n) is 3.37. The SMILES string of the molecule is COc1ccccc1CNC(=O)C(C)Sc1nnc(-c2ccccc2)c2ccccc12.